The Morgan fingerprint density at radius 1 is 1.15 bits per heavy atom. The second-order valence-corrected chi connectivity index (χ2v) is 7.44. The predicted molar refractivity (Wildman–Crippen MR) is 108 cm³/mol. The standard InChI is InChI=1S/C19H23N7S/c1-27-19-23-16(20)12-17(24-19)25-9-4-15(5-10-25)18-22-8-11-26(18)13-14-2-6-21-7-3-14/h2-3,6-8,11-12,15H,4-5,9-10,13H2,1H3,(H2,20,23,24). The fourth-order valence-electron chi connectivity index (χ4n) is 3.55. The van der Waals surface area contributed by atoms with Gasteiger partial charge >= 0.3 is 0 Å². The van der Waals surface area contributed by atoms with Crippen LogP contribution in [0.5, 0.6) is 0 Å². The van der Waals surface area contributed by atoms with Crippen molar-refractivity contribution in [3.8, 4) is 0 Å². The average molecular weight is 382 g/mol. The highest BCUT2D eigenvalue weighted by Gasteiger charge is 2.25. The van der Waals surface area contributed by atoms with Crippen LogP contribution in [0.15, 0.2) is 48.1 Å². The van der Waals surface area contributed by atoms with Crippen molar-refractivity contribution in [2.45, 2.75) is 30.5 Å². The van der Waals surface area contributed by atoms with E-state index in [2.05, 4.69) is 47.7 Å². The largest absolute Gasteiger partial charge is 0.383 e. The lowest BCUT2D eigenvalue weighted by molar-refractivity contribution is 0.467. The smallest absolute Gasteiger partial charge is 0.191 e. The summed E-state index contributed by atoms with van der Waals surface area (Å²) in [6, 6.07) is 5.97. The molecule has 0 atom stereocenters. The van der Waals surface area contributed by atoms with Gasteiger partial charge in [0.1, 0.15) is 17.5 Å². The summed E-state index contributed by atoms with van der Waals surface area (Å²) in [6.45, 7) is 2.71. The van der Waals surface area contributed by atoms with Gasteiger partial charge in [-0.2, -0.15) is 0 Å². The number of thioether (sulfide) groups is 1. The van der Waals surface area contributed by atoms with Gasteiger partial charge in [0.15, 0.2) is 5.16 Å². The van der Waals surface area contributed by atoms with Crippen LogP contribution < -0.4 is 10.6 Å². The van der Waals surface area contributed by atoms with Crippen LogP contribution in [-0.4, -0.2) is 43.8 Å². The maximum Gasteiger partial charge on any atom is 0.191 e. The van der Waals surface area contributed by atoms with Crippen LogP contribution in [-0.2, 0) is 6.54 Å². The van der Waals surface area contributed by atoms with Gasteiger partial charge in [-0.1, -0.05) is 11.8 Å². The van der Waals surface area contributed by atoms with Gasteiger partial charge in [-0.3, -0.25) is 4.98 Å². The monoisotopic (exact) mass is 381 g/mol. The summed E-state index contributed by atoms with van der Waals surface area (Å²) in [5.74, 6) is 3.07. The third kappa shape index (κ3) is 4.05. The summed E-state index contributed by atoms with van der Waals surface area (Å²) in [5.41, 5.74) is 7.17. The molecule has 1 fully saturated rings. The number of nitrogens with two attached hydrogens (primary N) is 1. The number of hydrogen-bond acceptors (Lipinski definition) is 7. The third-order valence-corrected chi connectivity index (χ3v) is 5.48. The van der Waals surface area contributed by atoms with E-state index in [9.17, 15) is 0 Å². The molecule has 27 heavy (non-hydrogen) atoms. The molecule has 8 heteroatoms. The molecule has 2 N–H and O–H groups in total. The lowest BCUT2D eigenvalue weighted by Gasteiger charge is -2.32. The minimum absolute atomic E-state index is 0.456. The molecule has 0 unspecified atom stereocenters. The molecule has 7 nitrogen and oxygen atoms in total. The molecule has 3 aromatic heterocycles. The molecule has 4 rings (SSSR count). The first kappa shape index (κ1) is 17.8. The zero-order chi connectivity index (χ0) is 18.6. The number of nitrogens with zero attached hydrogens (tertiary/aromatic N) is 6. The number of imidazole rings is 1. The summed E-state index contributed by atoms with van der Waals surface area (Å²) in [4.78, 5) is 19.9. The molecule has 0 bridgehead atoms. The quantitative estimate of drug-likeness (QED) is 0.537. The lowest BCUT2D eigenvalue weighted by atomic mass is 9.95. The van der Waals surface area contributed by atoms with Crippen molar-refractivity contribution in [1.82, 2.24) is 24.5 Å². The van der Waals surface area contributed by atoms with E-state index in [1.54, 1.807) is 0 Å². The summed E-state index contributed by atoms with van der Waals surface area (Å²) < 4.78 is 2.25. The van der Waals surface area contributed by atoms with Gasteiger partial charge in [-0.15, -0.1) is 0 Å². The van der Waals surface area contributed by atoms with E-state index in [0.29, 0.717) is 11.7 Å². The Hall–Kier alpha value is -2.61. The van der Waals surface area contributed by atoms with E-state index in [1.165, 1.54) is 23.1 Å². The molecule has 140 valence electrons. The zero-order valence-corrected chi connectivity index (χ0v) is 16.1. The Labute approximate surface area is 163 Å². The number of rotatable bonds is 5. The van der Waals surface area contributed by atoms with E-state index in [4.69, 9.17) is 5.73 Å². The van der Waals surface area contributed by atoms with Crippen LogP contribution in [0.1, 0.15) is 30.1 Å². The minimum Gasteiger partial charge on any atom is -0.383 e. The van der Waals surface area contributed by atoms with Crippen molar-refractivity contribution in [3.63, 3.8) is 0 Å². The summed E-state index contributed by atoms with van der Waals surface area (Å²) in [7, 11) is 0. The molecule has 0 radical (unpaired) electrons. The predicted octanol–water partition coefficient (Wildman–Crippen LogP) is 2.80. The summed E-state index contributed by atoms with van der Waals surface area (Å²) >= 11 is 1.52. The van der Waals surface area contributed by atoms with Gasteiger partial charge in [0.2, 0.25) is 0 Å². The summed E-state index contributed by atoms with van der Waals surface area (Å²) in [5, 5.41) is 0.722. The van der Waals surface area contributed by atoms with E-state index < -0.39 is 0 Å². The molecule has 0 spiro atoms. The molecule has 4 heterocycles. The highest BCUT2D eigenvalue weighted by atomic mass is 32.2. The molecular weight excluding hydrogens is 358 g/mol. The van der Waals surface area contributed by atoms with Crippen LogP contribution in [0.3, 0.4) is 0 Å². The molecular formula is C19H23N7S. The first-order valence-electron chi connectivity index (χ1n) is 9.06. The molecule has 1 aliphatic rings. The van der Waals surface area contributed by atoms with Crippen molar-refractivity contribution in [1.29, 1.82) is 0 Å². The molecule has 0 aliphatic carbocycles. The topological polar surface area (TPSA) is 85.8 Å². The van der Waals surface area contributed by atoms with Gasteiger partial charge in [0.25, 0.3) is 0 Å². The molecule has 0 saturated carbocycles. The van der Waals surface area contributed by atoms with Crippen LogP contribution in [0, 0.1) is 0 Å². The maximum atomic E-state index is 5.93. The van der Waals surface area contributed by atoms with Gasteiger partial charge in [-0.25, -0.2) is 15.0 Å². The number of pyridine rings is 1. The molecule has 3 aromatic rings. The van der Waals surface area contributed by atoms with Crippen LogP contribution in [0.4, 0.5) is 11.6 Å². The second kappa shape index (κ2) is 7.96. The van der Waals surface area contributed by atoms with Crippen LogP contribution in [0.2, 0.25) is 0 Å². The average Bonchev–Trinajstić information content (AvgIpc) is 3.16. The highest BCUT2D eigenvalue weighted by Crippen LogP contribution is 2.30. The number of piperidine rings is 1. The van der Waals surface area contributed by atoms with Crippen molar-refractivity contribution >= 4 is 23.4 Å². The molecule has 1 aliphatic heterocycles. The molecule has 0 amide bonds. The van der Waals surface area contributed by atoms with E-state index in [0.717, 1.165) is 43.5 Å². The molecule has 1 saturated heterocycles. The van der Waals surface area contributed by atoms with Gasteiger partial charge in [0, 0.05) is 56.4 Å². The minimum atomic E-state index is 0.456. The van der Waals surface area contributed by atoms with Gasteiger partial charge in [0.05, 0.1) is 0 Å². The fraction of sp³-hybridized carbons (Fsp3) is 0.368. The summed E-state index contributed by atoms with van der Waals surface area (Å²) in [6.07, 6.45) is 11.7. The first-order chi connectivity index (χ1) is 13.2. The van der Waals surface area contributed by atoms with Crippen molar-refractivity contribution < 1.29 is 0 Å². The highest BCUT2D eigenvalue weighted by molar-refractivity contribution is 7.98. The Kier molecular flexibility index (Phi) is 5.24. The van der Waals surface area contributed by atoms with Gasteiger partial charge < -0.3 is 15.2 Å². The van der Waals surface area contributed by atoms with E-state index in [-0.39, 0.29) is 0 Å². The van der Waals surface area contributed by atoms with Gasteiger partial charge in [-0.05, 0) is 36.8 Å². The van der Waals surface area contributed by atoms with E-state index in [1.807, 2.05) is 30.9 Å². The van der Waals surface area contributed by atoms with Crippen molar-refractivity contribution in [3.05, 3.63) is 54.4 Å². The number of nitrogen functional groups attached to an aromatic ring is 1. The number of aromatic nitrogens is 5. The Morgan fingerprint density at radius 3 is 2.67 bits per heavy atom. The van der Waals surface area contributed by atoms with Crippen molar-refractivity contribution in [2.24, 2.45) is 0 Å². The zero-order valence-electron chi connectivity index (χ0n) is 15.3. The Bertz CT molecular complexity index is 888. The Morgan fingerprint density at radius 2 is 1.93 bits per heavy atom. The lowest BCUT2D eigenvalue weighted by Crippen LogP contribution is -2.34. The maximum absolute atomic E-state index is 5.93. The van der Waals surface area contributed by atoms with E-state index >= 15 is 0 Å². The van der Waals surface area contributed by atoms with Crippen molar-refractivity contribution in [2.75, 3.05) is 30.0 Å². The first-order valence-corrected chi connectivity index (χ1v) is 10.3. The fourth-order valence-corrected chi connectivity index (χ4v) is 3.93. The third-order valence-electron chi connectivity index (χ3n) is 4.93. The normalized spacial score (nSPS) is 15.2. The SMILES string of the molecule is CSc1nc(N)cc(N2CCC(c3nccn3Cc3ccncc3)CC2)n1. The number of hydrogen-bond donors (Lipinski definition) is 1. The second-order valence-electron chi connectivity index (χ2n) is 6.67. The number of anilines is 2. The molecule has 0 aromatic carbocycles. The Balaban J connectivity index is 1.44. The van der Waals surface area contributed by atoms with Crippen LogP contribution in [0.25, 0.3) is 0 Å². The van der Waals surface area contributed by atoms with Crippen LogP contribution >= 0.6 is 11.8 Å².